The molecule has 0 aromatic rings. The topological polar surface area (TPSA) is 0 Å². The van der Waals surface area contributed by atoms with Gasteiger partial charge in [-0.05, 0) is 24.3 Å². The molecule has 0 aromatic carbocycles. The van der Waals surface area contributed by atoms with Crippen molar-refractivity contribution in [2.24, 2.45) is 0 Å². The first-order valence-electron chi connectivity index (χ1n) is 6.98. The molecule has 0 nitrogen and oxygen atoms in total. The Morgan fingerprint density at radius 1 is 0.684 bits per heavy atom. The van der Waals surface area contributed by atoms with E-state index in [1.807, 2.05) is 0 Å². The van der Waals surface area contributed by atoms with E-state index in [-0.39, 0.29) is 0 Å². The molecule has 0 atom stereocenters. The Balaban J connectivity index is 2.14. The molecule has 114 valence electrons. The summed E-state index contributed by atoms with van der Waals surface area (Å²) in [4.78, 5) is 0. The van der Waals surface area contributed by atoms with E-state index in [0.29, 0.717) is 4.08 Å². The van der Waals surface area contributed by atoms with Crippen LogP contribution in [0.15, 0.2) is 0 Å². The van der Waals surface area contributed by atoms with Crippen molar-refractivity contribution >= 4 is 72.3 Å². The van der Waals surface area contributed by atoms with Gasteiger partial charge in [-0.1, -0.05) is 12.8 Å². The van der Waals surface area contributed by atoms with Gasteiger partial charge in [0.2, 0.25) is 0 Å². The minimum Gasteiger partial charge on any atom is -0.179 e. The number of thioether (sulfide) groups is 4. The molecule has 0 bridgehead atoms. The smallest absolute Gasteiger partial charge is 0.0611 e. The molecule has 1 rings (SSSR count). The van der Waals surface area contributed by atoms with Crippen LogP contribution in [-0.2, 0) is 0 Å². The first-order valence-corrected chi connectivity index (χ1v) is 12.5. The highest BCUT2D eigenvalue weighted by Gasteiger charge is 2.34. The van der Waals surface area contributed by atoms with Gasteiger partial charge in [0.15, 0.2) is 0 Å². The van der Waals surface area contributed by atoms with Crippen LogP contribution in [0.25, 0.3) is 0 Å². The van der Waals surface area contributed by atoms with Gasteiger partial charge in [0.1, 0.15) is 0 Å². The largest absolute Gasteiger partial charge is 0.179 e. The van der Waals surface area contributed by atoms with Gasteiger partial charge < -0.3 is 0 Å². The van der Waals surface area contributed by atoms with Gasteiger partial charge in [-0.25, -0.2) is 0 Å². The molecular weight excluding hydrogens is 349 g/mol. The summed E-state index contributed by atoms with van der Waals surface area (Å²) in [5.74, 6) is 9.64. The molecule has 0 heterocycles. The second kappa shape index (κ2) is 12.6. The van der Waals surface area contributed by atoms with E-state index in [2.05, 4.69) is 72.3 Å². The van der Waals surface area contributed by atoms with Crippen LogP contribution in [0.5, 0.6) is 0 Å². The van der Waals surface area contributed by atoms with Crippen LogP contribution in [0.2, 0.25) is 0 Å². The number of hydrogen-bond donors (Lipinski definition) is 2. The van der Waals surface area contributed by atoms with Crippen LogP contribution in [0.1, 0.15) is 25.7 Å². The molecule has 1 aliphatic carbocycles. The zero-order valence-electron chi connectivity index (χ0n) is 11.5. The van der Waals surface area contributed by atoms with Crippen LogP contribution < -0.4 is 0 Å². The fourth-order valence-electron chi connectivity index (χ4n) is 2.15. The van der Waals surface area contributed by atoms with Gasteiger partial charge in [-0.15, -0.1) is 23.5 Å². The Morgan fingerprint density at radius 3 is 1.58 bits per heavy atom. The normalized spacial score (nSPS) is 18.0. The van der Waals surface area contributed by atoms with Crippen molar-refractivity contribution in [2.45, 2.75) is 29.8 Å². The number of thiol groups is 2. The minimum atomic E-state index is 0.559. The van der Waals surface area contributed by atoms with Gasteiger partial charge in [0, 0.05) is 34.5 Å². The molecule has 19 heavy (non-hydrogen) atoms. The summed E-state index contributed by atoms with van der Waals surface area (Å²) in [6, 6.07) is 0. The maximum absolute atomic E-state index is 4.26. The molecule has 0 spiro atoms. The summed E-state index contributed by atoms with van der Waals surface area (Å²) >= 11 is 17.1. The van der Waals surface area contributed by atoms with E-state index in [9.17, 15) is 0 Å². The minimum absolute atomic E-state index is 0.559. The van der Waals surface area contributed by atoms with Crippen LogP contribution in [-0.4, -0.2) is 50.1 Å². The molecule has 0 aromatic heterocycles. The van der Waals surface area contributed by atoms with E-state index in [1.54, 1.807) is 0 Å². The summed E-state index contributed by atoms with van der Waals surface area (Å²) in [6.07, 6.45) is 5.73. The fourth-order valence-corrected chi connectivity index (χ4v) is 7.93. The van der Waals surface area contributed by atoms with Gasteiger partial charge in [0.25, 0.3) is 0 Å². The first kappa shape index (κ1) is 19.1. The van der Waals surface area contributed by atoms with Crippen LogP contribution in [0, 0.1) is 0 Å². The molecule has 0 aliphatic heterocycles. The monoisotopic (exact) mass is 374 g/mol. The third kappa shape index (κ3) is 8.97. The predicted octanol–water partition coefficient (Wildman–Crippen LogP) is 5.05. The van der Waals surface area contributed by atoms with Crippen molar-refractivity contribution in [3.8, 4) is 0 Å². The quantitative estimate of drug-likeness (QED) is 0.278. The second-order valence-electron chi connectivity index (χ2n) is 4.49. The molecule has 0 unspecified atom stereocenters. The van der Waals surface area contributed by atoms with Crippen molar-refractivity contribution < 1.29 is 0 Å². The summed E-state index contributed by atoms with van der Waals surface area (Å²) in [5, 5.41) is 0. The zero-order valence-corrected chi connectivity index (χ0v) is 16.6. The molecule has 6 heteroatoms. The van der Waals surface area contributed by atoms with Crippen molar-refractivity contribution in [1.82, 2.24) is 0 Å². The highest BCUT2D eigenvalue weighted by Crippen LogP contribution is 2.50. The molecule has 1 fully saturated rings. The van der Waals surface area contributed by atoms with Crippen LogP contribution >= 0.6 is 72.3 Å². The van der Waals surface area contributed by atoms with Crippen molar-refractivity contribution in [1.29, 1.82) is 0 Å². The van der Waals surface area contributed by atoms with E-state index in [0.717, 1.165) is 11.5 Å². The lowest BCUT2D eigenvalue weighted by Gasteiger charge is -2.27. The lowest BCUT2D eigenvalue weighted by Crippen LogP contribution is -2.17. The molecule has 1 aliphatic rings. The summed E-state index contributed by atoms with van der Waals surface area (Å²) in [5.41, 5.74) is 0. The molecule has 0 amide bonds. The van der Waals surface area contributed by atoms with Crippen molar-refractivity contribution in [3.05, 3.63) is 0 Å². The Kier molecular flexibility index (Phi) is 12.7. The van der Waals surface area contributed by atoms with Crippen LogP contribution in [0.3, 0.4) is 0 Å². The Morgan fingerprint density at radius 2 is 1.16 bits per heavy atom. The maximum Gasteiger partial charge on any atom is 0.0611 e. The average Bonchev–Trinajstić information content (AvgIpc) is 2.88. The second-order valence-corrected chi connectivity index (χ2v) is 11.0. The standard InChI is InChI=1S/C13H26S6/c14-5-7-16-9-11-18-13(3-1-2-4-13)19-12-10-17-8-6-15/h14-15H,1-12H2. The molecule has 0 saturated heterocycles. The highest BCUT2D eigenvalue weighted by atomic mass is 32.2. The predicted molar refractivity (Wildman–Crippen MR) is 108 cm³/mol. The molecule has 0 N–H and O–H groups in total. The van der Waals surface area contributed by atoms with Crippen molar-refractivity contribution in [2.75, 3.05) is 46.0 Å². The lowest BCUT2D eigenvalue weighted by molar-refractivity contribution is 0.843. The highest BCUT2D eigenvalue weighted by molar-refractivity contribution is 8.18. The zero-order chi connectivity index (χ0) is 13.8. The molecule has 1 saturated carbocycles. The maximum atomic E-state index is 4.26. The van der Waals surface area contributed by atoms with E-state index in [1.165, 1.54) is 60.2 Å². The third-order valence-corrected chi connectivity index (χ3v) is 9.95. The van der Waals surface area contributed by atoms with E-state index < -0.39 is 0 Å². The Hall–Kier alpha value is 2.10. The summed E-state index contributed by atoms with van der Waals surface area (Å²) in [6.45, 7) is 0. The average molecular weight is 375 g/mol. The van der Waals surface area contributed by atoms with E-state index >= 15 is 0 Å². The van der Waals surface area contributed by atoms with Gasteiger partial charge in [-0.2, -0.15) is 48.8 Å². The SMILES string of the molecule is SCCSCCSC1(SCCSCCS)CCCC1. The molecule has 0 radical (unpaired) electrons. The van der Waals surface area contributed by atoms with Crippen LogP contribution in [0.4, 0.5) is 0 Å². The van der Waals surface area contributed by atoms with E-state index in [4.69, 9.17) is 0 Å². The Bertz CT molecular complexity index is 189. The van der Waals surface area contributed by atoms with Crippen molar-refractivity contribution in [3.63, 3.8) is 0 Å². The van der Waals surface area contributed by atoms with Gasteiger partial charge >= 0.3 is 0 Å². The Labute approximate surface area is 147 Å². The number of rotatable bonds is 12. The summed E-state index contributed by atoms with van der Waals surface area (Å²) in [7, 11) is 0. The third-order valence-electron chi connectivity index (χ3n) is 3.02. The van der Waals surface area contributed by atoms with Gasteiger partial charge in [0.05, 0.1) is 4.08 Å². The molecular formula is C13H26S6. The summed E-state index contributed by atoms with van der Waals surface area (Å²) < 4.78 is 0.559. The number of hydrogen-bond acceptors (Lipinski definition) is 6. The van der Waals surface area contributed by atoms with Gasteiger partial charge in [-0.3, -0.25) is 0 Å². The fraction of sp³-hybridized carbons (Fsp3) is 1.00. The lowest BCUT2D eigenvalue weighted by atomic mass is 10.4. The first-order chi connectivity index (χ1) is 9.33.